The van der Waals surface area contributed by atoms with E-state index in [1.807, 2.05) is 0 Å². The van der Waals surface area contributed by atoms with Gasteiger partial charge in [-0.1, -0.05) is 12.1 Å². The van der Waals surface area contributed by atoms with Gasteiger partial charge in [0, 0.05) is 24.5 Å². The largest absolute Gasteiger partial charge is 0.454 e. The third kappa shape index (κ3) is 3.58. The molecule has 1 atom stereocenters. The highest BCUT2D eigenvalue weighted by Gasteiger charge is 2.31. The predicted octanol–water partition coefficient (Wildman–Crippen LogP) is 2.82. The maximum absolute atomic E-state index is 13.1. The number of hydrogen-bond acceptors (Lipinski definition) is 7. The molecule has 3 heterocycles. The number of carbonyl (C=O) groups excluding carboxylic acids is 1. The highest BCUT2D eigenvalue weighted by atomic mass is 32.2. The van der Waals surface area contributed by atoms with Gasteiger partial charge >= 0.3 is 0 Å². The van der Waals surface area contributed by atoms with E-state index in [-0.39, 0.29) is 17.5 Å². The van der Waals surface area contributed by atoms with E-state index in [0.29, 0.717) is 22.6 Å². The van der Waals surface area contributed by atoms with Gasteiger partial charge in [0.1, 0.15) is 9.46 Å². The van der Waals surface area contributed by atoms with Crippen molar-refractivity contribution in [3.05, 3.63) is 71.4 Å². The molecule has 4 rings (SSSR count). The second kappa shape index (κ2) is 7.61. The number of ether oxygens (including phenoxy) is 2. The van der Waals surface area contributed by atoms with Crippen LogP contribution in [0.15, 0.2) is 64.4 Å². The summed E-state index contributed by atoms with van der Waals surface area (Å²) < 4.78 is 36.9. The molecule has 1 aliphatic heterocycles. The van der Waals surface area contributed by atoms with Crippen molar-refractivity contribution in [2.45, 2.75) is 9.46 Å². The minimum absolute atomic E-state index is 0.0841. The van der Waals surface area contributed by atoms with E-state index < -0.39 is 21.0 Å². The van der Waals surface area contributed by atoms with Gasteiger partial charge in [0.05, 0.1) is 0 Å². The van der Waals surface area contributed by atoms with Crippen molar-refractivity contribution in [1.29, 1.82) is 0 Å². The number of rotatable bonds is 6. The molecule has 0 fully saturated rings. The first-order valence-electron chi connectivity index (χ1n) is 8.41. The summed E-state index contributed by atoms with van der Waals surface area (Å²) in [5.74, 6) is 0.668. The van der Waals surface area contributed by atoms with Crippen molar-refractivity contribution < 1.29 is 22.7 Å². The van der Waals surface area contributed by atoms with Gasteiger partial charge in [0.15, 0.2) is 21.3 Å². The van der Waals surface area contributed by atoms with Gasteiger partial charge in [-0.2, -0.15) is 0 Å². The van der Waals surface area contributed by atoms with Crippen LogP contribution in [0.25, 0.3) is 0 Å². The second-order valence-corrected chi connectivity index (χ2v) is 9.34. The Balaban J connectivity index is 1.57. The zero-order valence-electron chi connectivity index (χ0n) is 14.6. The first kappa shape index (κ1) is 18.5. The summed E-state index contributed by atoms with van der Waals surface area (Å²) in [7, 11) is -3.68. The lowest BCUT2D eigenvalue weighted by Crippen LogP contribution is -2.31. The van der Waals surface area contributed by atoms with Crippen molar-refractivity contribution in [3.8, 4) is 11.5 Å². The molecule has 0 saturated carbocycles. The Labute approximate surface area is 165 Å². The molecule has 1 unspecified atom stereocenters. The molecule has 0 aliphatic carbocycles. The van der Waals surface area contributed by atoms with Crippen molar-refractivity contribution in [2.24, 2.45) is 0 Å². The normalized spacial score (nSPS) is 13.9. The van der Waals surface area contributed by atoms with Crippen LogP contribution in [0.4, 0.5) is 0 Å². The van der Waals surface area contributed by atoms with Crippen LogP contribution >= 0.6 is 11.3 Å². The van der Waals surface area contributed by atoms with Crippen LogP contribution in [-0.2, 0) is 9.84 Å². The van der Waals surface area contributed by atoms with Crippen molar-refractivity contribution in [3.63, 3.8) is 0 Å². The summed E-state index contributed by atoms with van der Waals surface area (Å²) >= 11 is 1.15. The number of hydrogen-bond donors (Lipinski definition) is 1. The monoisotopic (exact) mass is 416 g/mol. The molecule has 0 bridgehead atoms. The van der Waals surface area contributed by atoms with Crippen LogP contribution in [0.5, 0.6) is 11.5 Å². The minimum atomic E-state index is -3.68. The number of benzene rings is 1. The summed E-state index contributed by atoms with van der Waals surface area (Å²) in [6, 6.07) is 11.4. The molecule has 3 aromatic rings. The topological polar surface area (TPSA) is 94.6 Å². The number of nitrogens with one attached hydrogen (secondary N) is 1. The Hall–Kier alpha value is -2.91. The zero-order valence-corrected chi connectivity index (χ0v) is 16.2. The molecule has 7 nitrogen and oxygen atoms in total. The number of sulfone groups is 1. The average Bonchev–Trinajstić information content (AvgIpc) is 3.40. The zero-order chi connectivity index (χ0) is 19.6. The molecule has 1 aromatic carbocycles. The summed E-state index contributed by atoms with van der Waals surface area (Å²) in [6.07, 6.45) is 3.08. The predicted molar refractivity (Wildman–Crippen MR) is 103 cm³/mol. The van der Waals surface area contributed by atoms with Crippen LogP contribution in [-0.4, -0.2) is 32.6 Å². The Kier molecular flexibility index (Phi) is 5.01. The van der Waals surface area contributed by atoms with Crippen molar-refractivity contribution >= 4 is 27.1 Å². The van der Waals surface area contributed by atoms with Gasteiger partial charge in [-0.05, 0) is 41.3 Å². The van der Waals surface area contributed by atoms with Crippen LogP contribution in [0.1, 0.15) is 21.2 Å². The Bertz CT molecular complexity index is 1080. The molecule has 1 N–H and O–H groups in total. The number of aromatic nitrogens is 1. The van der Waals surface area contributed by atoms with E-state index in [1.165, 1.54) is 6.20 Å². The molecular weight excluding hydrogens is 400 g/mol. The molecule has 1 aliphatic rings. The average molecular weight is 416 g/mol. The minimum Gasteiger partial charge on any atom is -0.454 e. The number of pyridine rings is 1. The van der Waals surface area contributed by atoms with Gasteiger partial charge in [0.25, 0.3) is 5.91 Å². The number of nitrogens with zero attached hydrogens (tertiary/aromatic N) is 1. The molecule has 28 heavy (non-hydrogen) atoms. The Morgan fingerprint density at radius 1 is 1.18 bits per heavy atom. The summed E-state index contributed by atoms with van der Waals surface area (Å²) in [6.45, 7) is 0.0295. The number of carbonyl (C=O) groups is 1. The third-order valence-electron chi connectivity index (χ3n) is 4.29. The van der Waals surface area contributed by atoms with Gasteiger partial charge in [-0.15, -0.1) is 11.3 Å². The van der Waals surface area contributed by atoms with E-state index in [4.69, 9.17) is 9.47 Å². The fraction of sp³-hybridized carbons (Fsp3) is 0.158. The van der Waals surface area contributed by atoms with Crippen LogP contribution in [0.2, 0.25) is 0 Å². The number of amides is 1. The molecule has 9 heteroatoms. The van der Waals surface area contributed by atoms with Crippen LogP contribution in [0, 0.1) is 0 Å². The van der Waals surface area contributed by atoms with E-state index in [1.54, 1.807) is 54.0 Å². The van der Waals surface area contributed by atoms with Gasteiger partial charge in [-0.3, -0.25) is 9.78 Å². The first-order valence-corrected chi connectivity index (χ1v) is 10.8. The molecule has 0 radical (unpaired) electrons. The summed E-state index contributed by atoms with van der Waals surface area (Å²) in [4.78, 5) is 16.6. The van der Waals surface area contributed by atoms with Crippen LogP contribution < -0.4 is 14.8 Å². The first-order chi connectivity index (χ1) is 13.6. The van der Waals surface area contributed by atoms with E-state index in [9.17, 15) is 13.2 Å². The van der Waals surface area contributed by atoms with E-state index >= 15 is 0 Å². The highest BCUT2D eigenvalue weighted by molar-refractivity contribution is 7.93. The van der Waals surface area contributed by atoms with Gasteiger partial charge in [-0.25, -0.2) is 8.42 Å². The maximum atomic E-state index is 13.1. The summed E-state index contributed by atoms with van der Waals surface area (Å²) in [5, 5.41) is 3.48. The van der Waals surface area contributed by atoms with E-state index in [2.05, 4.69) is 10.3 Å². The molecular formula is C19H16N2O5S2. The lowest BCUT2D eigenvalue weighted by Gasteiger charge is -2.18. The van der Waals surface area contributed by atoms with E-state index in [0.717, 1.165) is 11.3 Å². The fourth-order valence-electron chi connectivity index (χ4n) is 2.86. The molecule has 144 valence electrons. The quantitative estimate of drug-likeness (QED) is 0.664. The second-order valence-electron chi connectivity index (χ2n) is 6.03. The van der Waals surface area contributed by atoms with Gasteiger partial charge in [0.2, 0.25) is 6.79 Å². The van der Waals surface area contributed by atoms with Crippen molar-refractivity contribution in [1.82, 2.24) is 10.3 Å². The Morgan fingerprint density at radius 3 is 2.79 bits per heavy atom. The lowest BCUT2D eigenvalue weighted by atomic mass is 10.1. The molecule has 1 amide bonds. The van der Waals surface area contributed by atoms with Crippen LogP contribution in [0.3, 0.4) is 0 Å². The van der Waals surface area contributed by atoms with Crippen molar-refractivity contribution in [2.75, 3.05) is 13.3 Å². The molecule has 2 aromatic heterocycles. The molecule has 0 saturated heterocycles. The smallest absolute Gasteiger partial charge is 0.251 e. The summed E-state index contributed by atoms with van der Waals surface area (Å²) in [5.41, 5.74) is 0.879. The third-order valence-corrected chi connectivity index (χ3v) is 7.82. The maximum Gasteiger partial charge on any atom is 0.251 e. The molecule has 0 spiro atoms. The SMILES string of the molecule is O=C(NCC(c1cccnc1)S(=O)(=O)c1cccs1)c1ccc2c(c1)OCO2. The Morgan fingerprint density at radius 2 is 2.04 bits per heavy atom. The lowest BCUT2D eigenvalue weighted by molar-refractivity contribution is 0.0953. The standard InChI is InChI=1S/C19H16N2O5S2/c22-19(13-5-6-15-16(9-13)26-12-25-15)21-11-17(14-3-1-7-20-10-14)28(23,24)18-4-2-8-27-18/h1-10,17H,11-12H2,(H,21,22). The fourth-order valence-corrected chi connectivity index (χ4v) is 5.71. The highest BCUT2D eigenvalue weighted by Crippen LogP contribution is 2.33. The van der Waals surface area contributed by atoms with Gasteiger partial charge < -0.3 is 14.8 Å². The number of fused-ring (bicyclic) bond motifs is 1. The number of thiophene rings is 1.